The van der Waals surface area contributed by atoms with E-state index in [1.807, 2.05) is 36.4 Å². The Morgan fingerprint density at radius 1 is 1.00 bits per heavy atom. The van der Waals surface area contributed by atoms with Gasteiger partial charge in [-0.25, -0.2) is 4.98 Å². The first-order chi connectivity index (χ1) is 13.3. The van der Waals surface area contributed by atoms with Crippen LogP contribution in [0.1, 0.15) is 27.4 Å². The first-order valence-corrected chi connectivity index (χ1v) is 8.42. The van der Waals surface area contributed by atoms with Gasteiger partial charge in [-0.15, -0.1) is 0 Å². The monoisotopic (exact) mass is 353 g/mol. The van der Waals surface area contributed by atoms with Gasteiger partial charge in [0, 0.05) is 23.3 Å². The molecule has 0 bridgehead atoms. The van der Waals surface area contributed by atoms with Crippen LogP contribution in [0.25, 0.3) is 10.9 Å². The molecule has 0 aliphatic heterocycles. The molecule has 0 unspecified atom stereocenters. The third kappa shape index (κ3) is 3.86. The van der Waals surface area contributed by atoms with Crippen molar-refractivity contribution >= 4 is 16.8 Å². The number of pyridine rings is 2. The normalized spacial score (nSPS) is 10.2. The zero-order valence-electron chi connectivity index (χ0n) is 14.3. The molecule has 0 atom stereocenters. The van der Waals surface area contributed by atoms with Crippen LogP contribution in [0, 0.1) is 11.8 Å². The van der Waals surface area contributed by atoms with Crippen LogP contribution in [0.5, 0.6) is 0 Å². The van der Waals surface area contributed by atoms with Crippen LogP contribution in [0.15, 0.2) is 77.7 Å². The number of nitrogens with one attached hydrogen (secondary N) is 1. The molecule has 3 aromatic heterocycles. The minimum atomic E-state index is -0.271. The SMILES string of the molecule is O=C(NCc1ccco1)c1ccc2cncc(C#Cc3ccccc3)c2n1. The maximum absolute atomic E-state index is 12.4. The van der Waals surface area contributed by atoms with Crippen LogP contribution in [0.2, 0.25) is 0 Å². The van der Waals surface area contributed by atoms with Crippen molar-refractivity contribution in [3.63, 3.8) is 0 Å². The van der Waals surface area contributed by atoms with Crippen molar-refractivity contribution in [3.8, 4) is 11.8 Å². The molecular weight excluding hydrogens is 338 g/mol. The molecule has 0 saturated heterocycles. The fraction of sp³-hybridized carbons (Fsp3) is 0.0455. The summed E-state index contributed by atoms with van der Waals surface area (Å²) in [6, 6.07) is 16.8. The maximum Gasteiger partial charge on any atom is 0.270 e. The summed E-state index contributed by atoms with van der Waals surface area (Å²) in [4.78, 5) is 21.1. The number of hydrogen-bond acceptors (Lipinski definition) is 4. The molecule has 0 radical (unpaired) electrons. The number of carbonyl (C=O) groups is 1. The average molecular weight is 353 g/mol. The first-order valence-electron chi connectivity index (χ1n) is 8.42. The quantitative estimate of drug-likeness (QED) is 0.572. The number of aromatic nitrogens is 2. The van der Waals surface area contributed by atoms with E-state index in [-0.39, 0.29) is 5.91 Å². The Hall–Kier alpha value is -3.91. The minimum Gasteiger partial charge on any atom is -0.467 e. The summed E-state index contributed by atoms with van der Waals surface area (Å²) < 4.78 is 5.22. The summed E-state index contributed by atoms with van der Waals surface area (Å²) in [7, 11) is 0. The van der Waals surface area contributed by atoms with Gasteiger partial charge in [0.05, 0.1) is 23.9 Å². The largest absolute Gasteiger partial charge is 0.467 e. The molecule has 0 aliphatic carbocycles. The van der Waals surface area contributed by atoms with E-state index in [1.165, 1.54) is 0 Å². The van der Waals surface area contributed by atoms with Crippen molar-refractivity contribution in [2.75, 3.05) is 0 Å². The van der Waals surface area contributed by atoms with Gasteiger partial charge in [-0.2, -0.15) is 0 Å². The van der Waals surface area contributed by atoms with E-state index >= 15 is 0 Å². The van der Waals surface area contributed by atoms with Crippen LogP contribution in [-0.2, 0) is 6.54 Å². The highest BCUT2D eigenvalue weighted by molar-refractivity contribution is 5.95. The molecule has 3 heterocycles. The third-order valence-corrected chi connectivity index (χ3v) is 3.95. The second kappa shape index (κ2) is 7.54. The smallest absolute Gasteiger partial charge is 0.270 e. The zero-order valence-corrected chi connectivity index (χ0v) is 14.3. The molecule has 130 valence electrons. The van der Waals surface area contributed by atoms with Crippen LogP contribution < -0.4 is 5.32 Å². The van der Waals surface area contributed by atoms with Crippen molar-refractivity contribution < 1.29 is 9.21 Å². The van der Waals surface area contributed by atoms with Crippen LogP contribution >= 0.6 is 0 Å². The average Bonchev–Trinajstić information content (AvgIpc) is 3.24. The highest BCUT2D eigenvalue weighted by Gasteiger charge is 2.10. The molecule has 5 heteroatoms. The van der Waals surface area contributed by atoms with E-state index < -0.39 is 0 Å². The molecule has 4 aromatic rings. The van der Waals surface area contributed by atoms with Gasteiger partial charge in [-0.05, 0) is 36.4 Å². The van der Waals surface area contributed by atoms with Crippen molar-refractivity contribution in [2.45, 2.75) is 6.54 Å². The number of amides is 1. The Morgan fingerprint density at radius 3 is 2.70 bits per heavy atom. The van der Waals surface area contributed by atoms with Crippen molar-refractivity contribution in [1.29, 1.82) is 0 Å². The molecule has 0 saturated carbocycles. The number of carbonyl (C=O) groups excluding carboxylic acids is 1. The third-order valence-electron chi connectivity index (χ3n) is 3.95. The van der Waals surface area contributed by atoms with Crippen molar-refractivity contribution in [2.24, 2.45) is 0 Å². The predicted molar refractivity (Wildman–Crippen MR) is 102 cm³/mol. The second-order valence-corrected chi connectivity index (χ2v) is 5.83. The fourth-order valence-electron chi connectivity index (χ4n) is 2.59. The summed E-state index contributed by atoms with van der Waals surface area (Å²) in [5, 5.41) is 3.63. The van der Waals surface area contributed by atoms with Gasteiger partial charge in [-0.1, -0.05) is 30.0 Å². The lowest BCUT2D eigenvalue weighted by Gasteiger charge is -2.05. The van der Waals surface area contributed by atoms with Crippen LogP contribution in [-0.4, -0.2) is 15.9 Å². The van der Waals surface area contributed by atoms with Gasteiger partial charge < -0.3 is 9.73 Å². The summed E-state index contributed by atoms with van der Waals surface area (Å²) in [6.45, 7) is 0.308. The highest BCUT2D eigenvalue weighted by atomic mass is 16.3. The summed E-state index contributed by atoms with van der Waals surface area (Å²) in [6.07, 6.45) is 4.94. The fourth-order valence-corrected chi connectivity index (χ4v) is 2.59. The van der Waals surface area contributed by atoms with Crippen LogP contribution in [0.4, 0.5) is 0 Å². The Morgan fingerprint density at radius 2 is 1.89 bits per heavy atom. The number of nitrogens with zero attached hydrogens (tertiary/aromatic N) is 2. The lowest BCUT2D eigenvalue weighted by molar-refractivity contribution is 0.0943. The number of fused-ring (bicyclic) bond motifs is 1. The lowest BCUT2D eigenvalue weighted by atomic mass is 10.1. The van der Waals surface area contributed by atoms with Crippen molar-refractivity contribution in [3.05, 3.63) is 95.8 Å². The van der Waals surface area contributed by atoms with Crippen molar-refractivity contribution in [1.82, 2.24) is 15.3 Å². The van der Waals surface area contributed by atoms with E-state index in [9.17, 15) is 4.79 Å². The highest BCUT2D eigenvalue weighted by Crippen LogP contribution is 2.15. The van der Waals surface area contributed by atoms with E-state index in [4.69, 9.17) is 4.42 Å². The zero-order chi connectivity index (χ0) is 18.5. The number of rotatable bonds is 3. The predicted octanol–water partition coefficient (Wildman–Crippen LogP) is 3.55. The van der Waals surface area contributed by atoms with Gasteiger partial charge in [0.25, 0.3) is 5.91 Å². The second-order valence-electron chi connectivity index (χ2n) is 5.83. The number of benzene rings is 1. The molecule has 1 N–H and O–H groups in total. The molecular formula is C22H15N3O2. The topological polar surface area (TPSA) is 68.0 Å². The minimum absolute atomic E-state index is 0.271. The molecule has 0 aliphatic rings. The van der Waals surface area contributed by atoms with Gasteiger partial charge in [0.2, 0.25) is 0 Å². The van der Waals surface area contributed by atoms with Crippen LogP contribution in [0.3, 0.4) is 0 Å². The Balaban J connectivity index is 1.63. The van der Waals surface area contributed by atoms with Gasteiger partial charge in [0.15, 0.2) is 0 Å². The Kier molecular flexibility index (Phi) is 4.62. The van der Waals surface area contributed by atoms with E-state index in [0.717, 1.165) is 10.9 Å². The van der Waals surface area contributed by atoms with Gasteiger partial charge in [0.1, 0.15) is 11.5 Å². The first kappa shape index (κ1) is 16.6. The standard InChI is InChI=1S/C22H15N3O2/c26-22(24-15-19-7-4-12-27-19)20-11-10-18-14-23-13-17(21(18)25-20)9-8-16-5-2-1-3-6-16/h1-7,10-14H,15H2,(H,24,26). The van der Waals surface area contributed by atoms with Gasteiger partial charge in [-0.3, -0.25) is 9.78 Å². The van der Waals surface area contributed by atoms with E-state index in [2.05, 4.69) is 27.1 Å². The molecule has 27 heavy (non-hydrogen) atoms. The molecule has 0 spiro atoms. The Bertz CT molecular complexity index is 1140. The van der Waals surface area contributed by atoms with E-state index in [1.54, 1.807) is 36.9 Å². The van der Waals surface area contributed by atoms with E-state index in [0.29, 0.717) is 29.1 Å². The molecule has 1 aromatic carbocycles. The summed E-state index contributed by atoms with van der Waals surface area (Å²) >= 11 is 0. The molecule has 1 amide bonds. The molecule has 0 fully saturated rings. The maximum atomic E-state index is 12.4. The number of hydrogen-bond donors (Lipinski definition) is 1. The summed E-state index contributed by atoms with van der Waals surface area (Å²) in [5.41, 5.74) is 2.56. The molecule has 5 nitrogen and oxygen atoms in total. The van der Waals surface area contributed by atoms with Gasteiger partial charge >= 0.3 is 0 Å². The summed E-state index contributed by atoms with van der Waals surface area (Å²) in [5.74, 6) is 6.62. The molecule has 4 rings (SSSR count). The Labute approximate surface area is 156 Å². The number of furan rings is 1. The lowest BCUT2D eigenvalue weighted by Crippen LogP contribution is -2.23.